The number of hydrogen-bond donors (Lipinski definition) is 0. The first-order valence-electron chi connectivity index (χ1n) is 8.75. The molecule has 0 N–H and O–H groups in total. The summed E-state index contributed by atoms with van der Waals surface area (Å²) >= 11 is 3.55. The third kappa shape index (κ3) is 4.17. The molecule has 0 saturated heterocycles. The highest BCUT2D eigenvalue weighted by atomic mass is 79.9. The maximum atomic E-state index is 5.75. The summed E-state index contributed by atoms with van der Waals surface area (Å²) in [5.74, 6) is 2.00. The van der Waals surface area contributed by atoms with Crippen LogP contribution in [0.5, 0.6) is 5.75 Å². The summed E-state index contributed by atoms with van der Waals surface area (Å²) in [4.78, 5) is 4.70. The lowest BCUT2D eigenvalue weighted by atomic mass is 9.95. The van der Waals surface area contributed by atoms with Crippen molar-refractivity contribution >= 4 is 15.9 Å². The van der Waals surface area contributed by atoms with Gasteiger partial charge < -0.3 is 9.30 Å². The number of ether oxygens (including phenoxy) is 1. The van der Waals surface area contributed by atoms with E-state index in [1.165, 1.54) is 32.1 Å². The molecule has 1 fully saturated rings. The molecule has 0 unspecified atom stereocenters. The van der Waals surface area contributed by atoms with Crippen molar-refractivity contribution in [3.05, 3.63) is 35.1 Å². The van der Waals surface area contributed by atoms with E-state index in [9.17, 15) is 0 Å². The minimum atomic E-state index is 0.582. The van der Waals surface area contributed by atoms with Crippen LogP contribution >= 0.6 is 15.9 Å². The molecule has 124 valence electrons. The molecule has 4 heteroatoms. The van der Waals surface area contributed by atoms with E-state index in [0.29, 0.717) is 6.04 Å². The zero-order valence-electron chi connectivity index (χ0n) is 13.8. The summed E-state index contributed by atoms with van der Waals surface area (Å²) in [6.45, 7) is 2.97. The van der Waals surface area contributed by atoms with Gasteiger partial charge in [-0.3, -0.25) is 0 Å². The van der Waals surface area contributed by atoms with Crippen molar-refractivity contribution in [3.8, 4) is 17.1 Å². The third-order valence-corrected chi connectivity index (χ3v) is 4.93. The van der Waals surface area contributed by atoms with Gasteiger partial charge in [-0.25, -0.2) is 4.98 Å². The topological polar surface area (TPSA) is 27.1 Å². The van der Waals surface area contributed by atoms with E-state index in [1.807, 2.05) is 0 Å². The van der Waals surface area contributed by atoms with Crippen LogP contribution < -0.4 is 4.74 Å². The van der Waals surface area contributed by atoms with Gasteiger partial charge in [0.05, 0.1) is 6.61 Å². The Labute approximate surface area is 147 Å². The highest BCUT2D eigenvalue weighted by Crippen LogP contribution is 2.33. The first-order chi connectivity index (χ1) is 11.3. The second-order valence-electron chi connectivity index (χ2n) is 6.31. The normalized spacial score (nSPS) is 15.7. The van der Waals surface area contributed by atoms with Crippen LogP contribution in [0.15, 0.2) is 35.1 Å². The maximum absolute atomic E-state index is 5.75. The molecule has 1 saturated carbocycles. The predicted molar refractivity (Wildman–Crippen MR) is 97.9 cm³/mol. The second kappa shape index (κ2) is 8.00. The molecule has 1 aliphatic carbocycles. The molecule has 1 aromatic carbocycles. The molecule has 3 nitrogen and oxygen atoms in total. The van der Waals surface area contributed by atoms with Crippen molar-refractivity contribution in [1.82, 2.24) is 9.55 Å². The van der Waals surface area contributed by atoms with Gasteiger partial charge in [-0.05, 0) is 59.5 Å². The van der Waals surface area contributed by atoms with Gasteiger partial charge in [0.2, 0.25) is 0 Å². The molecule has 23 heavy (non-hydrogen) atoms. The van der Waals surface area contributed by atoms with Gasteiger partial charge >= 0.3 is 0 Å². The average Bonchev–Trinajstić information content (AvgIpc) is 2.98. The number of rotatable bonds is 6. The number of unbranched alkanes of at least 4 members (excludes halogenated alkanes) is 1. The molecule has 0 aliphatic heterocycles. The standard InChI is InChI=1S/C19H25BrN2O/c1-2-3-13-23-17-11-9-15(10-12-17)19-21-18(20)14-22(19)16-7-5-4-6-8-16/h9-12,14,16H,2-8,13H2,1H3. The number of imidazole rings is 1. The third-order valence-electron chi connectivity index (χ3n) is 4.55. The quantitative estimate of drug-likeness (QED) is 0.578. The lowest BCUT2D eigenvalue weighted by Gasteiger charge is -2.24. The lowest BCUT2D eigenvalue weighted by molar-refractivity contribution is 0.309. The van der Waals surface area contributed by atoms with Crippen LogP contribution in [-0.2, 0) is 0 Å². The van der Waals surface area contributed by atoms with Crippen molar-refractivity contribution < 1.29 is 4.74 Å². The van der Waals surface area contributed by atoms with Crippen molar-refractivity contribution in [3.63, 3.8) is 0 Å². The minimum absolute atomic E-state index is 0.582. The molecule has 3 rings (SSSR count). The fourth-order valence-electron chi connectivity index (χ4n) is 3.25. The summed E-state index contributed by atoms with van der Waals surface area (Å²) in [7, 11) is 0. The monoisotopic (exact) mass is 376 g/mol. The highest BCUT2D eigenvalue weighted by molar-refractivity contribution is 9.10. The molecule has 1 aromatic heterocycles. The number of halogens is 1. The molecule has 0 bridgehead atoms. The van der Waals surface area contributed by atoms with Crippen LogP contribution in [0, 0.1) is 0 Å². The van der Waals surface area contributed by atoms with Crippen molar-refractivity contribution in [2.24, 2.45) is 0 Å². The van der Waals surface area contributed by atoms with Gasteiger partial charge in [-0.15, -0.1) is 0 Å². The van der Waals surface area contributed by atoms with Gasteiger partial charge in [-0.2, -0.15) is 0 Å². The van der Waals surface area contributed by atoms with Gasteiger partial charge in [0, 0.05) is 17.8 Å². The summed E-state index contributed by atoms with van der Waals surface area (Å²) in [6.07, 6.45) is 10.9. The van der Waals surface area contributed by atoms with Gasteiger partial charge in [0.15, 0.2) is 0 Å². The van der Waals surface area contributed by atoms with Crippen LogP contribution in [0.3, 0.4) is 0 Å². The average molecular weight is 377 g/mol. The second-order valence-corrected chi connectivity index (χ2v) is 7.13. The van der Waals surface area contributed by atoms with Crippen LogP contribution in [-0.4, -0.2) is 16.2 Å². The molecular formula is C19H25BrN2O. The Balaban J connectivity index is 1.78. The molecular weight excluding hydrogens is 352 g/mol. The molecule has 0 atom stereocenters. The first-order valence-corrected chi connectivity index (χ1v) is 9.55. The maximum Gasteiger partial charge on any atom is 0.141 e. The summed E-state index contributed by atoms with van der Waals surface area (Å²) in [6, 6.07) is 8.93. The van der Waals surface area contributed by atoms with E-state index < -0.39 is 0 Å². The molecule has 2 aromatic rings. The Hall–Kier alpha value is -1.29. The van der Waals surface area contributed by atoms with Crippen LogP contribution in [0.1, 0.15) is 57.9 Å². The number of aromatic nitrogens is 2. The molecule has 0 spiro atoms. The van der Waals surface area contributed by atoms with E-state index in [-0.39, 0.29) is 0 Å². The largest absolute Gasteiger partial charge is 0.494 e. The van der Waals surface area contributed by atoms with E-state index in [1.54, 1.807) is 0 Å². The first kappa shape index (κ1) is 16.6. The minimum Gasteiger partial charge on any atom is -0.494 e. The Morgan fingerprint density at radius 3 is 2.61 bits per heavy atom. The number of hydrogen-bond acceptors (Lipinski definition) is 2. The van der Waals surface area contributed by atoms with Crippen LogP contribution in [0.4, 0.5) is 0 Å². The Bertz CT molecular complexity index is 615. The summed E-state index contributed by atoms with van der Waals surface area (Å²) in [5, 5.41) is 0. The number of nitrogens with zero attached hydrogens (tertiary/aromatic N) is 2. The SMILES string of the molecule is CCCCOc1ccc(-c2nc(Br)cn2C2CCCCC2)cc1. The van der Waals surface area contributed by atoms with Gasteiger partial charge in [0.25, 0.3) is 0 Å². The zero-order valence-corrected chi connectivity index (χ0v) is 15.4. The van der Waals surface area contributed by atoms with Crippen LogP contribution in [0.2, 0.25) is 0 Å². The molecule has 0 amide bonds. The smallest absolute Gasteiger partial charge is 0.141 e. The fraction of sp³-hybridized carbons (Fsp3) is 0.526. The predicted octanol–water partition coefficient (Wildman–Crippen LogP) is 6.00. The Kier molecular flexibility index (Phi) is 5.76. The summed E-state index contributed by atoms with van der Waals surface area (Å²) in [5.41, 5.74) is 1.16. The molecule has 1 heterocycles. The van der Waals surface area contributed by atoms with E-state index in [4.69, 9.17) is 9.72 Å². The fourth-order valence-corrected chi connectivity index (χ4v) is 3.64. The Morgan fingerprint density at radius 1 is 1.17 bits per heavy atom. The van der Waals surface area contributed by atoms with E-state index >= 15 is 0 Å². The van der Waals surface area contributed by atoms with E-state index in [0.717, 1.165) is 41.2 Å². The van der Waals surface area contributed by atoms with E-state index in [2.05, 4.69) is 57.9 Å². The molecule has 0 radical (unpaired) electrons. The summed E-state index contributed by atoms with van der Waals surface area (Å²) < 4.78 is 9.03. The molecule has 1 aliphatic rings. The zero-order chi connectivity index (χ0) is 16.1. The lowest BCUT2D eigenvalue weighted by Crippen LogP contribution is -2.13. The van der Waals surface area contributed by atoms with Crippen molar-refractivity contribution in [1.29, 1.82) is 0 Å². The number of benzene rings is 1. The van der Waals surface area contributed by atoms with Gasteiger partial charge in [-0.1, -0.05) is 32.6 Å². The van der Waals surface area contributed by atoms with Crippen molar-refractivity contribution in [2.75, 3.05) is 6.61 Å². The van der Waals surface area contributed by atoms with Crippen LogP contribution in [0.25, 0.3) is 11.4 Å². The van der Waals surface area contributed by atoms with Crippen molar-refractivity contribution in [2.45, 2.75) is 57.9 Å². The van der Waals surface area contributed by atoms with Gasteiger partial charge in [0.1, 0.15) is 16.2 Å². The Morgan fingerprint density at radius 2 is 1.91 bits per heavy atom. The highest BCUT2D eigenvalue weighted by Gasteiger charge is 2.20.